The Bertz CT molecular complexity index is 400. The fourth-order valence-corrected chi connectivity index (χ4v) is 3.91. The molecular weight excluding hydrogens is 284 g/mol. The van der Waals surface area contributed by atoms with E-state index < -0.39 is 16.2 Å². The van der Waals surface area contributed by atoms with E-state index in [4.69, 9.17) is 9.84 Å². The second-order valence-corrected chi connectivity index (χ2v) is 6.63. The van der Waals surface area contributed by atoms with E-state index in [0.29, 0.717) is 39.0 Å². The van der Waals surface area contributed by atoms with Gasteiger partial charge in [-0.2, -0.15) is 17.0 Å². The maximum atomic E-state index is 12.3. The zero-order valence-corrected chi connectivity index (χ0v) is 12.9. The number of carboxylic acid groups (broad SMARTS) is 1. The Morgan fingerprint density at radius 1 is 1.30 bits per heavy atom. The molecule has 0 aromatic heterocycles. The molecule has 0 aromatic carbocycles. The van der Waals surface area contributed by atoms with Crippen molar-refractivity contribution in [1.82, 2.24) is 8.61 Å². The first-order valence-corrected chi connectivity index (χ1v) is 8.40. The molecule has 1 heterocycles. The molecule has 0 aliphatic carbocycles. The van der Waals surface area contributed by atoms with E-state index in [1.165, 1.54) is 8.61 Å². The number of carbonyl (C=O) groups is 1. The first kappa shape index (κ1) is 17.4. The van der Waals surface area contributed by atoms with Crippen LogP contribution in [-0.4, -0.2) is 67.0 Å². The second kappa shape index (κ2) is 7.92. The van der Waals surface area contributed by atoms with E-state index in [9.17, 15) is 13.2 Å². The van der Waals surface area contributed by atoms with E-state index >= 15 is 0 Å². The molecule has 1 N–H and O–H groups in total. The fourth-order valence-electron chi connectivity index (χ4n) is 2.26. The molecule has 118 valence electrons. The van der Waals surface area contributed by atoms with E-state index in [0.717, 1.165) is 0 Å². The normalized spacial score (nSPS) is 18.6. The molecule has 0 bridgehead atoms. The van der Waals surface area contributed by atoms with Crippen molar-refractivity contribution in [2.45, 2.75) is 39.2 Å². The standard InChI is InChI=1S/C12H24N2O5S/c1-3-13(4-2)20(17,18)14-8-5-11(6-9-14)19-10-7-12(15)16/h11H,3-10H2,1-2H3,(H,15,16). The number of ether oxygens (including phenoxy) is 1. The lowest BCUT2D eigenvalue weighted by Gasteiger charge is -2.34. The van der Waals surface area contributed by atoms with Crippen LogP contribution in [0.5, 0.6) is 0 Å². The topological polar surface area (TPSA) is 87.2 Å². The Hall–Kier alpha value is -0.700. The molecule has 7 nitrogen and oxygen atoms in total. The van der Waals surface area contributed by atoms with Crippen LogP contribution in [0.1, 0.15) is 33.1 Å². The highest BCUT2D eigenvalue weighted by atomic mass is 32.2. The van der Waals surface area contributed by atoms with Gasteiger partial charge in [-0.25, -0.2) is 0 Å². The third-order valence-electron chi connectivity index (χ3n) is 3.43. The van der Waals surface area contributed by atoms with Crippen LogP contribution in [0.2, 0.25) is 0 Å². The van der Waals surface area contributed by atoms with Crippen molar-refractivity contribution < 1.29 is 23.1 Å². The Kier molecular flexibility index (Phi) is 6.87. The van der Waals surface area contributed by atoms with Crippen molar-refractivity contribution in [2.75, 3.05) is 32.8 Å². The minimum absolute atomic E-state index is 0.0159. The molecule has 8 heteroatoms. The second-order valence-electron chi connectivity index (χ2n) is 4.71. The van der Waals surface area contributed by atoms with Gasteiger partial charge in [-0.1, -0.05) is 13.8 Å². The Morgan fingerprint density at radius 2 is 1.85 bits per heavy atom. The van der Waals surface area contributed by atoms with E-state index in [1.54, 1.807) is 0 Å². The average Bonchev–Trinajstić information content (AvgIpc) is 2.40. The van der Waals surface area contributed by atoms with Crippen molar-refractivity contribution in [2.24, 2.45) is 0 Å². The molecule has 0 radical (unpaired) electrons. The van der Waals surface area contributed by atoms with Crippen LogP contribution < -0.4 is 0 Å². The smallest absolute Gasteiger partial charge is 0.305 e. The van der Waals surface area contributed by atoms with Gasteiger partial charge in [0.1, 0.15) is 0 Å². The summed E-state index contributed by atoms with van der Waals surface area (Å²) in [5, 5.41) is 8.53. The SMILES string of the molecule is CCN(CC)S(=O)(=O)N1CCC(OCCC(=O)O)CC1. The van der Waals surface area contributed by atoms with Gasteiger partial charge >= 0.3 is 5.97 Å². The Balaban J connectivity index is 2.43. The lowest BCUT2D eigenvalue weighted by atomic mass is 10.1. The summed E-state index contributed by atoms with van der Waals surface area (Å²) in [7, 11) is -3.36. The van der Waals surface area contributed by atoms with E-state index in [1.807, 2.05) is 13.8 Å². The molecule has 0 aromatic rings. The van der Waals surface area contributed by atoms with Crippen molar-refractivity contribution >= 4 is 16.2 Å². The van der Waals surface area contributed by atoms with Gasteiger partial charge in [0, 0.05) is 26.2 Å². The zero-order valence-electron chi connectivity index (χ0n) is 12.1. The van der Waals surface area contributed by atoms with Crippen molar-refractivity contribution in [3.63, 3.8) is 0 Å². The van der Waals surface area contributed by atoms with Crippen LogP contribution in [0, 0.1) is 0 Å². The quantitative estimate of drug-likeness (QED) is 0.707. The minimum Gasteiger partial charge on any atom is -0.481 e. The molecule has 0 amide bonds. The van der Waals surface area contributed by atoms with Gasteiger partial charge < -0.3 is 9.84 Å². The Morgan fingerprint density at radius 3 is 2.30 bits per heavy atom. The van der Waals surface area contributed by atoms with Gasteiger partial charge in [-0.05, 0) is 12.8 Å². The maximum absolute atomic E-state index is 12.3. The number of nitrogens with zero attached hydrogens (tertiary/aromatic N) is 2. The highest BCUT2D eigenvalue weighted by molar-refractivity contribution is 7.86. The summed E-state index contributed by atoms with van der Waals surface area (Å²) in [5.74, 6) is -0.883. The summed E-state index contributed by atoms with van der Waals surface area (Å²) in [5.41, 5.74) is 0. The fraction of sp³-hybridized carbons (Fsp3) is 0.917. The molecule has 1 aliphatic heterocycles. The third kappa shape index (κ3) is 4.69. The molecule has 1 fully saturated rings. The number of aliphatic carboxylic acids is 1. The van der Waals surface area contributed by atoms with E-state index in [2.05, 4.69) is 0 Å². The summed E-state index contributed by atoms with van der Waals surface area (Å²) in [6.45, 7) is 5.61. The zero-order chi connectivity index (χ0) is 15.2. The lowest BCUT2D eigenvalue weighted by Crippen LogP contribution is -2.48. The van der Waals surface area contributed by atoms with Crippen LogP contribution in [0.4, 0.5) is 0 Å². The predicted octanol–water partition coefficient (Wildman–Crippen LogP) is 0.529. The molecule has 0 spiro atoms. The molecular formula is C12H24N2O5S. The molecule has 20 heavy (non-hydrogen) atoms. The number of piperidine rings is 1. The van der Waals surface area contributed by atoms with Gasteiger partial charge in [-0.3, -0.25) is 4.79 Å². The largest absolute Gasteiger partial charge is 0.481 e. The molecule has 0 unspecified atom stereocenters. The van der Waals surface area contributed by atoms with Crippen molar-refractivity contribution in [3.8, 4) is 0 Å². The van der Waals surface area contributed by atoms with Gasteiger partial charge in [0.05, 0.1) is 19.1 Å². The van der Waals surface area contributed by atoms with Crippen LogP contribution in [-0.2, 0) is 19.7 Å². The number of rotatable bonds is 8. The molecule has 0 atom stereocenters. The molecule has 0 saturated carbocycles. The summed E-state index contributed by atoms with van der Waals surface area (Å²) < 4.78 is 33.0. The summed E-state index contributed by atoms with van der Waals surface area (Å²) >= 11 is 0. The highest BCUT2D eigenvalue weighted by Crippen LogP contribution is 2.19. The summed E-state index contributed by atoms with van der Waals surface area (Å²) in [4.78, 5) is 10.4. The lowest BCUT2D eigenvalue weighted by molar-refractivity contribution is -0.138. The van der Waals surface area contributed by atoms with Crippen LogP contribution in [0.15, 0.2) is 0 Å². The highest BCUT2D eigenvalue weighted by Gasteiger charge is 2.31. The first-order chi connectivity index (χ1) is 9.41. The summed E-state index contributed by atoms with van der Waals surface area (Å²) in [6, 6.07) is 0. The Labute approximate surface area is 120 Å². The monoisotopic (exact) mass is 308 g/mol. The molecule has 1 saturated heterocycles. The number of carboxylic acids is 1. The molecule has 1 rings (SSSR count). The van der Waals surface area contributed by atoms with Crippen LogP contribution in [0.3, 0.4) is 0 Å². The van der Waals surface area contributed by atoms with Crippen molar-refractivity contribution in [1.29, 1.82) is 0 Å². The van der Waals surface area contributed by atoms with Gasteiger partial charge in [0.25, 0.3) is 10.2 Å². The molecule has 1 aliphatic rings. The first-order valence-electron chi connectivity index (χ1n) is 7.00. The summed E-state index contributed by atoms with van der Waals surface area (Å²) in [6.07, 6.45) is 1.16. The third-order valence-corrected chi connectivity index (χ3v) is 5.62. The predicted molar refractivity (Wildman–Crippen MR) is 74.6 cm³/mol. The van der Waals surface area contributed by atoms with E-state index in [-0.39, 0.29) is 19.1 Å². The minimum atomic E-state index is -3.36. The number of hydrogen-bond donors (Lipinski definition) is 1. The number of hydrogen-bond acceptors (Lipinski definition) is 4. The average molecular weight is 308 g/mol. The van der Waals surface area contributed by atoms with Crippen LogP contribution in [0.25, 0.3) is 0 Å². The van der Waals surface area contributed by atoms with Gasteiger partial charge in [0.2, 0.25) is 0 Å². The van der Waals surface area contributed by atoms with Crippen molar-refractivity contribution in [3.05, 3.63) is 0 Å². The van der Waals surface area contributed by atoms with Gasteiger partial charge in [0.15, 0.2) is 0 Å². The maximum Gasteiger partial charge on any atom is 0.305 e. The van der Waals surface area contributed by atoms with Crippen LogP contribution >= 0.6 is 0 Å². The van der Waals surface area contributed by atoms with Gasteiger partial charge in [-0.15, -0.1) is 0 Å².